The number of carbonyl (C=O) groups is 1. The number of aromatic nitrogens is 4. The maximum absolute atomic E-state index is 11.8. The molecule has 1 amide bonds. The maximum Gasteiger partial charge on any atom is 0.236 e. The minimum Gasteiger partial charge on any atom is -0.366 e. The van der Waals surface area contributed by atoms with E-state index in [0.717, 1.165) is 47.4 Å². The Bertz CT molecular complexity index is 737. The Morgan fingerprint density at radius 2 is 2.08 bits per heavy atom. The molecule has 130 valence electrons. The van der Waals surface area contributed by atoms with Crippen molar-refractivity contribution in [3.05, 3.63) is 10.9 Å². The number of fused-ring (bicyclic) bond motifs is 1. The van der Waals surface area contributed by atoms with Gasteiger partial charge in [-0.2, -0.15) is 5.10 Å². The van der Waals surface area contributed by atoms with E-state index in [9.17, 15) is 4.79 Å². The molecule has 3 rings (SSSR count). The monoisotopic (exact) mass is 395 g/mol. The first kappa shape index (κ1) is 17.1. The van der Waals surface area contributed by atoms with Crippen molar-refractivity contribution in [3.8, 4) is 0 Å². The van der Waals surface area contributed by atoms with Gasteiger partial charge in [0.1, 0.15) is 16.7 Å². The number of nitrogens with one attached hydrogen (secondary N) is 1. The van der Waals surface area contributed by atoms with Crippen molar-refractivity contribution in [3.63, 3.8) is 0 Å². The lowest BCUT2D eigenvalue weighted by molar-refractivity contribution is -0.130. The highest BCUT2D eigenvalue weighted by atomic mass is 79.9. The van der Waals surface area contributed by atoms with Gasteiger partial charge in [-0.3, -0.25) is 9.69 Å². The van der Waals surface area contributed by atoms with E-state index in [4.69, 9.17) is 0 Å². The topological polar surface area (TPSA) is 79.2 Å². The van der Waals surface area contributed by atoms with Crippen LogP contribution in [0.25, 0.3) is 11.0 Å². The van der Waals surface area contributed by atoms with Crippen molar-refractivity contribution in [1.29, 1.82) is 0 Å². The van der Waals surface area contributed by atoms with Crippen LogP contribution in [0.2, 0.25) is 0 Å². The lowest BCUT2D eigenvalue weighted by Gasteiger charge is -2.32. The second-order valence-electron chi connectivity index (χ2n) is 6.32. The number of likely N-dealkylation sites (N-methyl/N-ethyl adjacent to an activating group) is 1. The fourth-order valence-corrected chi connectivity index (χ4v) is 3.51. The lowest BCUT2D eigenvalue weighted by atomic mass is 10.0. The summed E-state index contributed by atoms with van der Waals surface area (Å²) in [4.78, 5) is 24.3. The summed E-state index contributed by atoms with van der Waals surface area (Å²) in [6.45, 7) is 2.30. The standard InChI is InChI=1S/C15H22BrN7O/c1-21(2)11(24)8-23-6-4-10(5-7-23)19-14-12-13(16)20-22(3)15(12)18-9-17-14/h9-10H,4-8H2,1-3H3,(H,17,18,19). The average Bonchev–Trinajstić information content (AvgIpc) is 2.85. The number of rotatable bonds is 4. The molecule has 0 spiro atoms. The van der Waals surface area contributed by atoms with E-state index in [1.54, 1.807) is 30.0 Å². The Balaban J connectivity index is 1.64. The molecule has 0 atom stereocenters. The normalized spacial score (nSPS) is 16.5. The summed E-state index contributed by atoms with van der Waals surface area (Å²) in [5.41, 5.74) is 0.799. The van der Waals surface area contributed by atoms with Gasteiger partial charge in [-0.1, -0.05) is 0 Å². The molecular weight excluding hydrogens is 374 g/mol. The van der Waals surface area contributed by atoms with Gasteiger partial charge in [0, 0.05) is 40.3 Å². The Morgan fingerprint density at radius 3 is 2.75 bits per heavy atom. The molecular formula is C15H22BrN7O. The third kappa shape index (κ3) is 3.51. The molecule has 0 unspecified atom stereocenters. The van der Waals surface area contributed by atoms with Crippen molar-refractivity contribution in [2.45, 2.75) is 18.9 Å². The summed E-state index contributed by atoms with van der Waals surface area (Å²) in [5, 5.41) is 8.77. The van der Waals surface area contributed by atoms with E-state index >= 15 is 0 Å². The Hall–Kier alpha value is -1.74. The summed E-state index contributed by atoms with van der Waals surface area (Å²) < 4.78 is 2.49. The highest BCUT2D eigenvalue weighted by molar-refractivity contribution is 9.10. The molecule has 1 fully saturated rings. The third-order valence-corrected chi connectivity index (χ3v) is 4.92. The molecule has 24 heavy (non-hydrogen) atoms. The van der Waals surface area contributed by atoms with Gasteiger partial charge in [0.25, 0.3) is 0 Å². The summed E-state index contributed by atoms with van der Waals surface area (Å²) in [6, 6.07) is 0.334. The van der Waals surface area contributed by atoms with E-state index in [-0.39, 0.29) is 5.91 Å². The number of amides is 1. The first-order chi connectivity index (χ1) is 11.5. The molecule has 9 heteroatoms. The predicted octanol–water partition coefficient (Wildman–Crippen LogP) is 1.09. The third-order valence-electron chi connectivity index (χ3n) is 4.36. The molecule has 0 radical (unpaired) electrons. The number of aryl methyl sites for hydroxylation is 1. The second-order valence-corrected chi connectivity index (χ2v) is 7.07. The predicted molar refractivity (Wildman–Crippen MR) is 95.8 cm³/mol. The van der Waals surface area contributed by atoms with Gasteiger partial charge in [0.15, 0.2) is 5.65 Å². The SMILES string of the molecule is CN(C)C(=O)CN1CCC(Nc2ncnc3c2c(Br)nn3C)CC1. The number of likely N-dealkylation sites (tertiary alicyclic amines) is 1. The van der Waals surface area contributed by atoms with Crippen LogP contribution >= 0.6 is 15.9 Å². The van der Waals surface area contributed by atoms with Gasteiger partial charge in [-0.05, 0) is 28.8 Å². The van der Waals surface area contributed by atoms with Gasteiger partial charge >= 0.3 is 0 Å². The van der Waals surface area contributed by atoms with E-state index in [1.807, 2.05) is 7.05 Å². The number of halogens is 1. The molecule has 8 nitrogen and oxygen atoms in total. The van der Waals surface area contributed by atoms with Crippen molar-refractivity contribution in [2.24, 2.45) is 7.05 Å². The van der Waals surface area contributed by atoms with Crippen molar-refractivity contribution in [2.75, 3.05) is 39.0 Å². The van der Waals surface area contributed by atoms with Gasteiger partial charge in [-0.15, -0.1) is 0 Å². The van der Waals surface area contributed by atoms with Crippen LogP contribution in [0.1, 0.15) is 12.8 Å². The van der Waals surface area contributed by atoms with Gasteiger partial charge < -0.3 is 10.2 Å². The van der Waals surface area contributed by atoms with Gasteiger partial charge in [0.2, 0.25) is 5.91 Å². The van der Waals surface area contributed by atoms with Crippen LogP contribution in [0, 0.1) is 0 Å². The largest absolute Gasteiger partial charge is 0.366 e. The molecule has 1 aliphatic rings. The minimum absolute atomic E-state index is 0.151. The number of hydrogen-bond donors (Lipinski definition) is 1. The fourth-order valence-electron chi connectivity index (χ4n) is 2.91. The van der Waals surface area contributed by atoms with Crippen LogP contribution in [0.5, 0.6) is 0 Å². The first-order valence-corrected chi connectivity index (χ1v) is 8.77. The quantitative estimate of drug-likeness (QED) is 0.834. The molecule has 0 aromatic carbocycles. The molecule has 0 aliphatic carbocycles. The van der Waals surface area contributed by atoms with Gasteiger partial charge in [-0.25, -0.2) is 14.6 Å². The van der Waals surface area contributed by atoms with Crippen LogP contribution < -0.4 is 5.32 Å². The molecule has 1 N–H and O–H groups in total. The van der Waals surface area contributed by atoms with Crippen molar-refractivity contribution >= 4 is 38.7 Å². The van der Waals surface area contributed by atoms with E-state index in [1.165, 1.54) is 0 Å². The molecule has 2 aromatic rings. The second kappa shape index (κ2) is 7.02. The highest BCUT2D eigenvalue weighted by Crippen LogP contribution is 2.28. The Morgan fingerprint density at radius 1 is 1.38 bits per heavy atom. The first-order valence-electron chi connectivity index (χ1n) is 7.98. The molecule has 0 saturated carbocycles. The van der Waals surface area contributed by atoms with E-state index < -0.39 is 0 Å². The Kier molecular flexibility index (Phi) is 5.00. The van der Waals surface area contributed by atoms with Crippen LogP contribution in [-0.4, -0.2) is 75.2 Å². The maximum atomic E-state index is 11.8. The molecule has 0 bridgehead atoms. The molecule has 1 aliphatic heterocycles. The van der Waals surface area contributed by atoms with Crippen LogP contribution in [0.4, 0.5) is 5.82 Å². The summed E-state index contributed by atoms with van der Waals surface area (Å²) in [6.07, 6.45) is 3.51. The number of hydrogen-bond acceptors (Lipinski definition) is 6. The molecule has 3 heterocycles. The molecule has 2 aromatic heterocycles. The van der Waals surface area contributed by atoms with Crippen LogP contribution in [-0.2, 0) is 11.8 Å². The lowest BCUT2D eigenvalue weighted by Crippen LogP contribution is -2.44. The fraction of sp³-hybridized carbons (Fsp3) is 0.600. The summed E-state index contributed by atoms with van der Waals surface area (Å²) in [7, 11) is 5.45. The van der Waals surface area contributed by atoms with Gasteiger partial charge in [0.05, 0.1) is 11.9 Å². The minimum atomic E-state index is 0.151. The zero-order valence-electron chi connectivity index (χ0n) is 14.2. The smallest absolute Gasteiger partial charge is 0.236 e. The number of piperidine rings is 1. The summed E-state index contributed by atoms with van der Waals surface area (Å²) in [5.74, 6) is 0.959. The zero-order chi connectivity index (χ0) is 17.3. The average molecular weight is 396 g/mol. The Labute approximate surface area is 149 Å². The highest BCUT2D eigenvalue weighted by Gasteiger charge is 2.23. The van der Waals surface area contributed by atoms with Crippen LogP contribution in [0.15, 0.2) is 10.9 Å². The van der Waals surface area contributed by atoms with Crippen LogP contribution in [0.3, 0.4) is 0 Å². The van der Waals surface area contributed by atoms with Crippen molar-refractivity contribution in [1.82, 2.24) is 29.5 Å². The van der Waals surface area contributed by atoms with Crippen molar-refractivity contribution < 1.29 is 4.79 Å². The van der Waals surface area contributed by atoms with E-state index in [0.29, 0.717) is 12.6 Å². The van der Waals surface area contributed by atoms with E-state index in [2.05, 4.69) is 41.2 Å². The zero-order valence-corrected chi connectivity index (χ0v) is 15.7. The molecule has 1 saturated heterocycles. The number of nitrogens with zero attached hydrogens (tertiary/aromatic N) is 6. The summed E-state index contributed by atoms with van der Waals surface area (Å²) >= 11 is 3.48. The number of carbonyl (C=O) groups excluding carboxylic acids is 1. The number of anilines is 1.